The largest absolute Gasteiger partial charge is 0.309 e. The quantitative estimate of drug-likeness (QED) is 0.157. The molecule has 0 atom stereocenters. The van der Waals surface area contributed by atoms with Gasteiger partial charge in [0.1, 0.15) is 0 Å². The first-order valence-corrected chi connectivity index (χ1v) is 23.7. The van der Waals surface area contributed by atoms with Gasteiger partial charge in [-0.2, -0.15) is 0 Å². The summed E-state index contributed by atoms with van der Waals surface area (Å²) in [5.74, 6) is 0. The van der Waals surface area contributed by atoms with Gasteiger partial charge in [-0.1, -0.05) is 159 Å². The van der Waals surface area contributed by atoms with Gasteiger partial charge in [0.05, 0.1) is 39.1 Å². The first-order valence-electron chi connectivity index (χ1n) is 23.7. The van der Waals surface area contributed by atoms with Crippen LogP contribution in [0, 0.1) is 0 Å². The second kappa shape index (κ2) is 14.7. The van der Waals surface area contributed by atoms with Crippen molar-refractivity contribution in [2.45, 2.75) is 19.3 Å². The number of anilines is 3. The molecule has 0 fully saturated rings. The maximum absolute atomic E-state index is 2.55. The molecule has 3 heteroatoms. The second-order valence-corrected chi connectivity index (χ2v) is 18.9. The first-order chi connectivity index (χ1) is 33.5. The average molecular weight is 868 g/mol. The Balaban J connectivity index is 0.976. The Morgan fingerprint density at radius 1 is 0.279 bits per heavy atom. The van der Waals surface area contributed by atoms with Crippen LogP contribution in [0.1, 0.15) is 25.0 Å². The molecular formula is C65H45N3. The van der Waals surface area contributed by atoms with Gasteiger partial charge < -0.3 is 14.0 Å². The number of rotatable bonds is 5. The van der Waals surface area contributed by atoms with E-state index in [2.05, 4.69) is 264 Å². The molecule has 1 aliphatic heterocycles. The van der Waals surface area contributed by atoms with Crippen molar-refractivity contribution in [1.82, 2.24) is 9.13 Å². The maximum atomic E-state index is 2.55. The van der Waals surface area contributed by atoms with Crippen LogP contribution in [-0.4, -0.2) is 9.13 Å². The minimum Gasteiger partial charge on any atom is -0.309 e. The van der Waals surface area contributed by atoms with Gasteiger partial charge in [-0.3, -0.25) is 0 Å². The van der Waals surface area contributed by atoms with Crippen molar-refractivity contribution >= 4 is 82.2 Å². The predicted molar refractivity (Wildman–Crippen MR) is 288 cm³/mol. The van der Waals surface area contributed by atoms with Gasteiger partial charge in [-0.15, -0.1) is 0 Å². The average Bonchev–Trinajstić information content (AvgIpc) is 3.91. The monoisotopic (exact) mass is 867 g/mol. The summed E-state index contributed by atoms with van der Waals surface area (Å²) >= 11 is 0. The highest BCUT2D eigenvalue weighted by molar-refractivity contribution is 6.16. The molecule has 14 rings (SSSR count). The lowest BCUT2D eigenvalue weighted by Gasteiger charge is -2.43. The lowest BCUT2D eigenvalue weighted by Crippen LogP contribution is -2.31. The van der Waals surface area contributed by atoms with E-state index in [0.29, 0.717) is 0 Å². The van der Waals surface area contributed by atoms with Gasteiger partial charge in [0.25, 0.3) is 0 Å². The molecule has 1 aliphatic rings. The molecule has 11 aromatic carbocycles. The van der Waals surface area contributed by atoms with Crippen LogP contribution in [0.5, 0.6) is 0 Å². The molecule has 0 aliphatic carbocycles. The Hall–Kier alpha value is -8.66. The molecule has 0 bridgehead atoms. The van der Waals surface area contributed by atoms with Gasteiger partial charge in [0, 0.05) is 43.7 Å². The van der Waals surface area contributed by atoms with E-state index in [1.807, 2.05) is 0 Å². The Labute approximate surface area is 395 Å². The van der Waals surface area contributed by atoms with Crippen LogP contribution in [0.15, 0.2) is 237 Å². The van der Waals surface area contributed by atoms with Crippen molar-refractivity contribution in [1.29, 1.82) is 0 Å². The number of benzene rings is 11. The lowest BCUT2D eigenvalue weighted by atomic mass is 9.72. The molecule has 0 spiro atoms. The van der Waals surface area contributed by atoms with Crippen molar-refractivity contribution in [3.05, 3.63) is 248 Å². The van der Waals surface area contributed by atoms with Gasteiger partial charge in [-0.05, 0) is 141 Å². The SMILES string of the molecule is CC1(C)c2cc(-c3ccc4c(c3)c3ccccc3n4-c3ccccc3)ccc2N(c2cc3ccccc3c3ccccc23)c2ccc(-c3ccc4c(c3)c3ccccc3n4-c3ccccc3)cc21. The highest BCUT2D eigenvalue weighted by atomic mass is 15.2. The van der Waals surface area contributed by atoms with Crippen molar-refractivity contribution in [2.24, 2.45) is 0 Å². The van der Waals surface area contributed by atoms with Gasteiger partial charge in [-0.25, -0.2) is 0 Å². The molecule has 320 valence electrons. The second-order valence-electron chi connectivity index (χ2n) is 18.9. The molecule has 3 nitrogen and oxygen atoms in total. The van der Waals surface area contributed by atoms with Crippen LogP contribution in [0.25, 0.3) is 98.8 Å². The number of aromatic nitrogens is 2. The van der Waals surface area contributed by atoms with E-state index in [1.165, 1.54) is 127 Å². The summed E-state index contributed by atoms with van der Waals surface area (Å²) in [6.07, 6.45) is 0. The van der Waals surface area contributed by atoms with E-state index in [1.54, 1.807) is 0 Å². The summed E-state index contributed by atoms with van der Waals surface area (Å²) in [5.41, 5.74) is 17.8. The highest BCUT2D eigenvalue weighted by Crippen LogP contribution is 2.55. The Morgan fingerprint density at radius 3 is 1.21 bits per heavy atom. The predicted octanol–water partition coefficient (Wildman–Crippen LogP) is 17.6. The van der Waals surface area contributed by atoms with Crippen molar-refractivity contribution in [3.8, 4) is 33.6 Å². The highest BCUT2D eigenvalue weighted by Gasteiger charge is 2.38. The first kappa shape index (κ1) is 38.6. The van der Waals surface area contributed by atoms with Crippen LogP contribution >= 0.6 is 0 Å². The summed E-state index contributed by atoms with van der Waals surface area (Å²) in [6, 6.07) is 87.6. The van der Waals surface area contributed by atoms with E-state index < -0.39 is 0 Å². The van der Waals surface area contributed by atoms with E-state index >= 15 is 0 Å². The number of hydrogen-bond donors (Lipinski definition) is 0. The van der Waals surface area contributed by atoms with Gasteiger partial charge >= 0.3 is 0 Å². The molecule has 0 saturated heterocycles. The lowest BCUT2D eigenvalue weighted by molar-refractivity contribution is 0.632. The Bertz CT molecular complexity index is 3960. The fraction of sp³-hybridized carbons (Fsp3) is 0.0462. The summed E-state index contributed by atoms with van der Waals surface area (Å²) < 4.78 is 4.79. The third-order valence-corrected chi connectivity index (χ3v) is 14.8. The van der Waals surface area contributed by atoms with Gasteiger partial charge in [0.2, 0.25) is 0 Å². The number of fused-ring (bicyclic) bond motifs is 11. The molecule has 0 N–H and O–H groups in total. The van der Waals surface area contributed by atoms with Crippen molar-refractivity contribution in [2.75, 3.05) is 4.90 Å². The third-order valence-electron chi connectivity index (χ3n) is 14.8. The third kappa shape index (κ3) is 5.66. The normalized spacial score (nSPS) is 13.2. The maximum Gasteiger partial charge on any atom is 0.0546 e. The van der Waals surface area contributed by atoms with Crippen LogP contribution < -0.4 is 4.90 Å². The Kier molecular flexibility index (Phi) is 8.33. The zero-order chi connectivity index (χ0) is 45.1. The Morgan fingerprint density at radius 2 is 0.676 bits per heavy atom. The summed E-state index contributed by atoms with van der Waals surface area (Å²) in [5, 5.41) is 10.0. The van der Waals surface area contributed by atoms with Crippen LogP contribution in [0.3, 0.4) is 0 Å². The smallest absolute Gasteiger partial charge is 0.0546 e. The van der Waals surface area contributed by atoms with Gasteiger partial charge in [0.15, 0.2) is 0 Å². The number of hydrogen-bond acceptors (Lipinski definition) is 1. The molecule has 0 saturated carbocycles. The van der Waals surface area contributed by atoms with Crippen LogP contribution in [0.4, 0.5) is 17.1 Å². The fourth-order valence-electron chi connectivity index (χ4n) is 11.6. The number of para-hydroxylation sites is 4. The zero-order valence-electron chi connectivity index (χ0n) is 37.9. The summed E-state index contributed by atoms with van der Waals surface area (Å²) in [7, 11) is 0. The molecule has 0 radical (unpaired) electrons. The van der Waals surface area contributed by atoms with E-state index in [9.17, 15) is 0 Å². The summed E-state index contributed by atoms with van der Waals surface area (Å²) in [4.78, 5) is 2.55. The summed E-state index contributed by atoms with van der Waals surface area (Å²) in [6.45, 7) is 4.84. The molecular weight excluding hydrogens is 823 g/mol. The zero-order valence-corrected chi connectivity index (χ0v) is 37.9. The molecule has 0 amide bonds. The minimum atomic E-state index is -0.347. The fourth-order valence-corrected chi connectivity index (χ4v) is 11.6. The van der Waals surface area contributed by atoms with Crippen molar-refractivity contribution < 1.29 is 0 Å². The molecule has 68 heavy (non-hydrogen) atoms. The van der Waals surface area contributed by atoms with Crippen LogP contribution in [0.2, 0.25) is 0 Å². The number of nitrogens with zero attached hydrogens (tertiary/aromatic N) is 3. The molecule has 3 heterocycles. The standard InChI is InChI=1S/C65H45N3/c1-65(2)56-39-44(42-29-33-60-54(37-42)52-25-13-15-27-58(52)66(60)47-18-5-3-6-19-47)31-35-62(56)68(64-41-46-17-9-10-22-49(46)50-23-11-12-24-51(50)64)63-36-32-45(40-57(63)65)43-30-34-61-55(38-43)53-26-14-16-28-59(53)67(61)48-20-7-4-8-21-48/h3-41H,1-2H3. The van der Waals surface area contributed by atoms with E-state index in [0.717, 1.165) is 0 Å². The van der Waals surface area contributed by atoms with E-state index in [4.69, 9.17) is 0 Å². The topological polar surface area (TPSA) is 13.1 Å². The van der Waals surface area contributed by atoms with Crippen molar-refractivity contribution in [3.63, 3.8) is 0 Å². The molecule has 0 unspecified atom stereocenters. The van der Waals surface area contributed by atoms with Crippen LogP contribution in [-0.2, 0) is 5.41 Å². The molecule has 2 aromatic heterocycles. The molecule has 13 aromatic rings. The van der Waals surface area contributed by atoms with E-state index in [-0.39, 0.29) is 5.41 Å². The minimum absolute atomic E-state index is 0.347.